The largest absolute Gasteiger partial charge is 0.393 e. The molecule has 3 nitrogen and oxygen atoms in total. The Morgan fingerprint density at radius 3 is 2.76 bits per heavy atom. The fourth-order valence-corrected chi connectivity index (χ4v) is 3.81. The first-order chi connectivity index (χ1) is 8.18. The van der Waals surface area contributed by atoms with Crippen LogP contribution in [0.15, 0.2) is 5.38 Å². The highest BCUT2D eigenvalue weighted by Crippen LogP contribution is 2.43. The Morgan fingerprint density at radius 2 is 2.29 bits per heavy atom. The van der Waals surface area contributed by atoms with Crippen LogP contribution in [0.3, 0.4) is 0 Å². The van der Waals surface area contributed by atoms with Gasteiger partial charge < -0.3 is 10.4 Å². The van der Waals surface area contributed by atoms with Gasteiger partial charge in [-0.1, -0.05) is 0 Å². The predicted octanol–water partition coefficient (Wildman–Crippen LogP) is 2.19. The molecule has 0 aliphatic heterocycles. The summed E-state index contributed by atoms with van der Waals surface area (Å²) in [6, 6.07) is 0. The summed E-state index contributed by atoms with van der Waals surface area (Å²) >= 11 is 1.79. The maximum Gasteiger partial charge on any atom is 0.113 e. The molecule has 17 heavy (non-hydrogen) atoms. The molecule has 2 saturated carbocycles. The van der Waals surface area contributed by atoms with Gasteiger partial charge in [-0.25, -0.2) is 4.98 Å². The van der Waals surface area contributed by atoms with Crippen molar-refractivity contribution in [3.63, 3.8) is 0 Å². The molecule has 2 aliphatic carbocycles. The molecule has 0 saturated heterocycles. The van der Waals surface area contributed by atoms with E-state index in [-0.39, 0.29) is 11.6 Å². The van der Waals surface area contributed by atoms with Crippen LogP contribution in [0.1, 0.15) is 42.8 Å². The van der Waals surface area contributed by atoms with E-state index in [2.05, 4.69) is 22.6 Å². The number of hydrogen-bond donors (Lipinski definition) is 2. The zero-order valence-electron chi connectivity index (χ0n) is 10.3. The monoisotopic (exact) mass is 252 g/mol. The average molecular weight is 252 g/mol. The minimum absolute atomic E-state index is 0.0405. The van der Waals surface area contributed by atoms with Crippen molar-refractivity contribution < 1.29 is 5.11 Å². The Morgan fingerprint density at radius 1 is 1.53 bits per heavy atom. The average Bonchev–Trinajstić information content (AvgIpc) is 2.60. The number of hydrogen-bond acceptors (Lipinski definition) is 4. The molecule has 2 N–H and O–H groups in total. The first kappa shape index (κ1) is 11.6. The van der Waals surface area contributed by atoms with E-state index < -0.39 is 0 Å². The molecule has 1 aromatic rings. The Kier molecular flexibility index (Phi) is 2.97. The van der Waals surface area contributed by atoms with Crippen molar-refractivity contribution in [2.45, 2.75) is 50.7 Å². The molecule has 4 heteroatoms. The second kappa shape index (κ2) is 4.34. The third-order valence-corrected chi connectivity index (χ3v) is 5.34. The lowest BCUT2D eigenvalue weighted by atomic mass is 9.75. The summed E-state index contributed by atoms with van der Waals surface area (Å²) in [5, 5.41) is 16.4. The number of aromatic nitrogens is 1. The van der Waals surface area contributed by atoms with Crippen LogP contribution in [0.4, 0.5) is 0 Å². The van der Waals surface area contributed by atoms with E-state index in [0.29, 0.717) is 5.92 Å². The zero-order valence-corrected chi connectivity index (χ0v) is 11.1. The van der Waals surface area contributed by atoms with Gasteiger partial charge in [-0.3, -0.25) is 0 Å². The number of rotatable bonds is 4. The minimum atomic E-state index is -0.0405. The molecule has 2 fully saturated rings. The second-order valence-corrected chi connectivity index (χ2v) is 6.46. The van der Waals surface area contributed by atoms with Crippen molar-refractivity contribution in [3.8, 4) is 0 Å². The highest BCUT2D eigenvalue weighted by Gasteiger charge is 2.41. The summed E-state index contributed by atoms with van der Waals surface area (Å²) in [4.78, 5) is 4.65. The maximum absolute atomic E-state index is 9.30. The first-order valence-corrected chi connectivity index (χ1v) is 7.42. The molecule has 0 spiro atoms. The summed E-state index contributed by atoms with van der Waals surface area (Å²) in [7, 11) is 0. The third kappa shape index (κ3) is 2.14. The van der Waals surface area contributed by atoms with E-state index in [0.717, 1.165) is 25.1 Å². The van der Waals surface area contributed by atoms with Gasteiger partial charge in [0, 0.05) is 11.1 Å². The lowest BCUT2D eigenvalue weighted by Crippen LogP contribution is -2.51. The van der Waals surface area contributed by atoms with Gasteiger partial charge in [0.15, 0.2) is 0 Å². The van der Waals surface area contributed by atoms with Crippen LogP contribution in [0.5, 0.6) is 0 Å². The predicted molar refractivity (Wildman–Crippen MR) is 69.1 cm³/mol. The number of aliphatic hydroxyl groups excluding tert-OH is 1. The van der Waals surface area contributed by atoms with E-state index >= 15 is 0 Å². The molecule has 94 valence electrons. The maximum atomic E-state index is 9.30. The van der Waals surface area contributed by atoms with Gasteiger partial charge in [-0.05, 0) is 51.5 Å². The van der Waals surface area contributed by atoms with Crippen LogP contribution in [0.25, 0.3) is 0 Å². The Bertz CT molecular complexity index is 394. The molecule has 0 atom stereocenters. The fourth-order valence-electron chi connectivity index (χ4n) is 2.78. The quantitative estimate of drug-likeness (QED) is 0.863. The fraction of sp³-hybridized carbons (Fsp3) is 0.769. The van der Waals surface area contributed by atoms with Gasteiger partial charge in [-0.2, -0.15) is 0 Å². The lowest BCUT2D eigenvalue weighted by Gasteiger charge is -2.43. The van der Waals surface area contributed by atoms with Gasteiger partial charge >= 0.3 is 0 Å². The molecule has 3 rings (SSSR count). The third-order valence-electron chi connectivity index (χ3n) is 4.18. The first-order valence-electron chi connectivity index (χ1n) is 6.54. The van der Waals surface area contributed by atoms with Crippen LogP contribution in [-0.2, 0) is 5.54 Å². The Labute approximate surface area is 106 Å². The normalized spacial score (nSPS) is 30.7. The van der Waals surface area contributed by atoms with Crippen molar-refractivity contribution in [3.05, 3.63) is 16.1 Å². The molecule has 1 aromatic heterocycles. The molecular formula is C13H20N2OS. The van der Waals surface area contributed by atoms with Crippen LogP contribution >= 0.6 is 11.3 Å². The molecule has 0 aromatic carbocycles. The molecule has 0 amide bonds. The smallest absolute Gasteiger partial charge is 0.113 e. The molecular weight excluding hydrogens is 232 g/mol. The standard InChI is InChI=1S/C13H20N2OS/c1-9-8-17-12(15-9)13(3-2-4-13)14-7-10-5-11(16)6-10/h8,10-11,14,16H,2-7H2,1H3. The number of aliphatic hydroxyl groups is 1. The summed E-state index contributed by atoms with van der Waals surface area (Å²) < 4.78 is 0. The van der Waals surface area contributed by atoms with Crippen LogP contribution < -0.4 is 5.32 Å². The summed E-state index contributed by atoms with van der Waals surface area (Å²) in [6.45, 7) is 3.10. The SMILES string of the molecule is Cc1csc(C2(NCC3CC(O)C3)CCC2)n1. The van der Waals surface area contributed by atoms with E-state index in [1.807, 2.05) is 0 Å². The van der Waals surface area contributed by atoms with Gasteiger partial charge in [-0.15, -0.1) is 11.3 Å². The van der Waals surface area contributed by atoms with Crippen LogP contribution in [0, 0.1) is 12.8 Å². The summed E-state index contributed by atoms with van der Waals surface area (Å²) in [5.41, 5.74) is 1.30. The minimum Gasteiger partial charge on any atom is -0.393 e. The van der Waals surface area contributed by atoms with Crippen LogP contribution in [0.2, 0.25) is 0 Å². The Balaban J connectivity index is 1.62. The zero-order chi connectivity index (χ0) is 11.9. The lowest BCUT2D eigenvalue weighted by molar-refractivity contribution is 0.0340. The number of thiazole rings is 1. The molecule has 1 heterocycles. The van der Waals surface area contributed by atoms with Crippen molar-refractivity contribution in [1.29, 1.82) is 0 Å². The number of aryl methyl sites for hydroxylation is 1. The number of nitrogens with one attached hydrogen (secondary N) is 1. The van der Waals surface area contributed by atoms with E-state index in [1.165, 1.54) is 24.3 Å². The van der Waals surface area contributed by atoms with E-state index in [1.54, 1.807) is 11.3 Å². The molecule has 0 bridgehead atoms. The Hall–Kier alpha value is -0.450. The van der Waals surface area contributed by atoms with Gasteiger partial charge in [0.05, 0.1) is 11.6 Å². The highest BCUT2D eigenvalue weighted by molar-refractivity contribution is 7.09. The van der Waals surface area contributed by atoms with Crippen LogP contribution in [-0.4, -0.2) is 22.7 Å². The van der Waals surface area contributed by atoms with Crippen molar-refractivity contribution in [2.24, 2.45) is 5.92 Å². The summed E-state index contributed by atoms with van der Waals surface area (Å²) in [6.07, 6.45) is 5.64. The highest BCUT2D eigenvalue weighted by atomic mass is 32.1. The van der Waals surface area contributed by atoms with Crippen molar-refractivity contribution in [2.75, 3.05) is 6.54 Å². The topological polar surface area (TPSA) is 45.1 Å². The molecule has 0 radical (unpaired) electrons. The second-order valence-electron chi connectivity index (χ2n) is 5.60. The number of nitrogens with zero attached hydrogens (tertiary/aromatic N) is 1. The van der Waals surface area contributed by atoms with Gasteiger partial charge in [0.25, 0.3) is 0 Å². The van der Waals surface area contributed by atoms with Gasteiger partial charge in [0.2, 0.25) is 0 Å². The summed E-state index contributed by atoms with van der Waals surface area (Å²) in [5.74, 6) is 0.670. The van der Waals surface area contributed by atoms with E-state index in [9.17, 15) is 5.11 Å². The molecule has 0 unspecified atom stereocenters. The van der Waals surface area contributed by atoms with Crippen molar-refractivity contribution >= 4 is 11.3 Å². The van der Waals surface area contributed by atoms with E-state index in [4.69, 9.17) is 0 Å². The molecule has 2 aliphatic rings. The van der Waals surface area contributed by atoms with Crippen molar-refractivity contribution in [1.82, 2.24) is 10.3 Å². The van der Waals surface area contributed by atoms with Gasteiger partial charge in [0.1, 0.15) is 5.01 Å².